The van der Waals surface area contributed by atoms with Crippen LogP contribution >= 0.6 is 0 Å². The number of nitrogens with two attached hydrogens (primary N) is 1. The summed E-state index contributed by atoms with van der Waals surface area (Å²) >= 11 is 0. The molecule has 0 bridgehead atoms. The molecule has 178 valence electrons. The van der Waals surface area contributed by atoms with E-state index < -0.39 is 17.2 Å². The highest BCUT2D eigenvalue weighted by molar-refractivity contribution is 6.08. The summed E-state index contributed by atoms with van der Waals surface area (Å²) in [7, 11) is 0. The molecule has 1 saturated heterocycles. The van der Waals surface area contributed by atoms with Gasteiger partial charge in [-0.15, -0.1) is 0 Å². The van der Waals surface area contributed by atoms with Crippen molar-refractivity contribution in [1.82, 2.24) is 14.5 Å². The highest BCUT2D eigenvalue weighted by Crippen LogP contribution is 2.26. The number of benzene rings is 1. The van der Waals surface area contributed by atoms with Crippen LogP contribution in [-0.2, 0) is 11.3 Å². The fraction of sp³-hybridized carbons (Fsp3) is 0.333. The van der Waals surface area contributed by atoms with E-state index >= 15 is 0 Å². The topological polar surface area (TPSA) is 133 Å². The van der Waals surface area contributed by atoms with E-state index in [1.54, 1.807) is 19.1 Å². The molecule has 4 rings (SSSR count). The van der Waals surface area contributed by atoms with Gasteiger partial charge in [-0.2, -0.15) is 0 Å². The van der Waals surface area contributed by atoms with Crippen LogP contribution in [0.3, 0.4) is 0 Å². The summed E-state index contributed by atoms with van der Waals surface area (Å²) in [5, 5.41) is 0. The lowest BCUT2D eigenvalue weighted by Gasteiger charge is -2.27. The van der Waals surface area contributed by atoms with Crippen molar-refractivity contribution in [2.45, 2.75) is 32.4 Å². The van der Waals surface area contributed by atoms with Gasteiger partial charge in [0.2, 0.25) is 5.88 Å². The highest BCUT2D eigenvalue weighted by atomic mass is 16.5. The number of nitrogens with one attached hydrogen (secondary N) is 1. The molecule has 0 radical (unpaired) electrons. The quantitative estimate of drug-likeness (QED) is 0.518. The molecule has 1 atom stereocenters. The van der Waals surface area contributed by atoms with Gasteiger partial charge in [-0.25, -0.2) is 9.78 Å². The van der Waals surface area contributed by atoms with Crippen molar-refractivity contribution in [3.05, 3.63) is 80.6 Å². The highest BCUT2D eigenvalue weighted by Gasteiger charge is 2.31. The van der Waals surface area contributed by atoms with Crippen molar-refractivity contribution < 1.29 is 14.3 Å². The molecule has 0 spiro atoms. The first-order valence-corrected chi connectivity index (χ1v) is 11.2. The zero-order valence-corrected chi connectivity index (χ0v) is 18.9. The normalized spacial score (nSPS) is 15.3. The molecule has 10 nitrogen and oxygen atoms in total. The number of pyridine rings is 1. The van der Waals surface area contributed by atoms with Gasteiger partial charge in [0.15, 0.2) is 5.69 Å². The first-order chi connectivity index (χ1) is 16.5. The van der Waals surface area contributed by atoms with Gasteiger partial charge < -0.3 is 15.2 Å². The van der Waals surface area contributed by atoms with Crippen LogP contribution in [0, 0.1) is 0 Å². The van der Waals surface area contributed by atoms with Gasteiger partial charge in [0, 0.05) is 12.8 Å². The Morgan fingerprint density at radius 3 is 2.76 bits per heavy atom. The van der Waals surface area contributed by atoms with Crippen LogP contribution < -0.4 is 26.6 Å². The Kier molecular flexibility index (Phi) is 7.07. The van der Waals surface area contributed by atoms with Crippen LogP contribution in [0.2, 0.25) is 0 Å². The maximum Gasteiger partial charge on any atom is 0.330 e. The fourth-order valence-electron chi connectivity index (χ4n) is 3.98. The number of carbonyl (C=O) groups excluding carboxylic acids is 1. The number of nitrogen functional groups attached to an aromatic ring is 1. The monoisotopic (exact) mass is 465 g/mol. The second-order valence-corrected chi connectivity index (χ2v) is 7.90. The van der Waals surface area contributed by atoms with Gasteiger partial charge in [-0.3, -0.25) is 24.0 Å². The van der Waals surface area contributed by atoms with E-state index in [2.05, 4.69) is 9.97 Å². The Labute approximate surface area is 196 Å². The SMILES string of the molecule is CCOc1ncccc1C(=O)N(CC1CCCO1)c1c(N)n(Cc2ccccc2)c(=O)[nH]c1=O. The second-order valence-electron chi connectivity index (χ2n) is 7.90. The van der Waals surface area contributed by atoms with Crippen molar-refractivity contribution in [1.29, 1.82) is 0 Å². The third-order valence-corrected chi connectivity index (χ3v) is 5.61. The standard InChI is InChI=1S/C24H27N5O5/c1-2-33-22-18(11-6-12-26-22)23(31)28(15-17-10-7-13-34-17)19-20(25)29(24(32)27-21(19)30)14-16-8-4-3-5-9-16/h3-6,8-9,11-12,17H,2,7,10,13-15,25H2,1H3,(H,27,30,32). The zero-order valence-electron chi connectivity index (χ0n) is 18.9. The molecule has 2 aromatic heterocycles. The molecular weight excluding hydrogens is 438 g/mol. The molecular formula is C24H27N5O5. The Morgan fingerprint density at radius 2 is 2.06 bits per heavy atom. The number of aromatic nitrogens is 3. The predicted octanol–water partition coefficient (Wildman–Crippen LogP) is 1.79. The average molecular weight is 466 g/mol. The number of nitrogens with zero attached hydrogens (tertiary/aromatic N) is 3. The summed E-state index contributed by atoms with van der Waals surface area (Å²) in [4.78, 5) is 47.1. The van der Waals surface area contributed by atoms with Gasteiger partial charge in [0.1, 0.15) is 11.4 Å². The smallest absolute Gasteiger partial charge is 0.330 e. The van der Waals surface area contributed by atoms with Crippen LogP contribution in [0.1, 0.15) is 35.7 Å². The van der Waals surface area contributed by atoms with E-state index in [1.807, 2.05) is 30.3 Å². The number of aromatic amines is 1. The molecule has 1 aliphatic heterocycles. The maximum atomic E-state index is 13.7. The largest absolute Gasteiger partial charge is 0.477 e. The van der Waals surface area contributed by atoms with Crippen molar-refractivity contribution in [3.63, 3.8) is 0 Å². The summed E-state index contributed by atoms with van der Waals surface area (Å²) < 4.78 is 12.5. The first kappa shape index (κ1) is 23.2. The third-order valence-electron chi connectivity index (χ3n) is 5.61. The molecule has 3 heterocycles. The first-order valence-electron chi connectivity index (χ1n) is 11.2. The summed E-state index contributed by atoms with van der Waals surface area (Å²) in [6.45, 7) is 2.90. The van der Waals surface area contributed by atoms with E-state index in [0.717, 1.165) is 18.4 Å². The predicted molar refractivity (Wildman–Crippen MR) is 127 cm³/mol. The zero-order chi connectivity index (χ0) is 24.1. The van der Waals surface area contributed by atoms with Crippen molar-refractivity contribution in [2.75, 3.05) is 30.4 Å². The number of anilines is 2. The molecule has 34 heavy (non-hydrogen) atoms. The third kappa shape index (κ3) is 4.86. The van der Waals surface area contributed by atoms with Gasteiger partial charge in [0.05, 0.1) is 25.8 Å². The minimum Gasteiger partial charge on any atom is -0.477 e. The molecule has 3 aromatic rings. The number of ether oxygens (including phenoxy) is 2. The van der Waals surface area contributed by atoms with E-state index in [0.29, 0.717) is 13.2 Å². The van der Waals surface area contributed by atoms with E-state index in [9.17, 15) is 14.4 Å². The summed E-state index contributed by atoms with van der Waals surface area (Å²) in [5.74, 6) is -0.472. The van der Waals surface area contributed by atoms with Crippen LogP contribution in [0.4, 0.5) is 11.5 Å². The Bertz CT molecular complexity index is 1260. The summed E-state index contributed by atoms with van der Waals surface area (Å²) in [6.07, 6.45) is 2.83. The minimum atomic E-state index is -0.750. The van der Waals surface area contributed by atoms with E-state index in [4.69, 9.17) is 15.2 Å². The molecule has 1 aliphatic rings. The van der Waals surface area contributed by atoms with Gasteiger partial charge in [-0.1, -0.05) is 30.3 Å². The van der Waals surface area contributed by atoms with Gasteiger partial charge >= 0.3 is 5.69 Å². The molecule has 0 saturated carbocycles. The van der Waals surface area contributed by atoms with Crippen LogP contribution in [0.15, 0.2) is 58.3 Å². The Hall–Kier alpha value is -3.92. The number of amides is 1. The molecule has 1 fully saturated rings. The minimum absolute atomic E-state index is 0.0934. The fourth-order valence-corrected chi connectivity index (χ4v) is 3.98. The van der Waals surface area contributed by atoms with Crippen LogP contribution in [0.25, 0.3) is 0 Å². The second kappa shape index (κ2) is 10.3. The molecule has 0 aliphatic carbocycles. The summed E-state index contributed by atoms with van der Waals surface area (Å²) in [6, 6.07) is 12.4. The Balaban J connectivity index is 1.82. The Morgan fingerprint density at radius 1 is 1.26 bits per heavy atom. The number of rotatable bonds is 8. The molecule has 10 heteroatoms. The van der Waals surface area contributed by atoms with Gasteiger partial charge in [-0.05, 0) is 37.5 Å². The lowest BCUT2D eigenvalue weighted by atomic mass is 10.1. The lowest BCUT2D eigenvalue weighted by Crippen LogP contribution is -2.44. The van der Waals surface area contributed by atoms with Crippen molar-refractivity contribution >= 4 is 17.4 Å². The number of hydrogen-bond acceptors (Lipinski definition) is 7. The van der Waals surface area contributed by atoms with Crippen LogP contribution in [0.5, 0.6) is 5.88 Å². The molecule has 1 unspecified atom stereocenters. The average Bonchev–Trinajstić information content (AvgIpc) is 3.35. The number of hydrogen-bond donors (Lipinski definition) is 2. The van der Waals surface area contributed by atoms with E-state index in [-0.39, 0.29) is 42.1 Å². The number of carbonyl (C=O) groups is 1. The lowest BCUT2D eigenvalue weighted by molar-refractivity contribution is 0.0913. The molecule has 3 N–H and O–H groups in total. The van der Waals surface area contributed by atoms with Crippen molar-refractivity contribution in [3.8, 4) is 5.88 Å². The van der Waals surface area contributed by atoms with Gasteiger partial charge in [0.25, 0.3) is 11.5 Å². The summed E-state index contributed by atoms with van der Waals surface area (Å²) in [5.41, 5.74) is 5.87. The molecule has 1 aromatic carbocycles. The van der Waals surface area contributed by atoms with Crippen LogP contribution in [-0.4, -0.2) is 46.3 Å². The molecule has 1 amide bonds. The van der Waals surface area contributed by atoms with Crippen molar-refractivity contribution in [2.24, 2.45) is 0 Å². The number of H-pyrrole nitrogens is 1. The maximum absolute atomic E-state index is 13.7. The van der Waals surface area contributed by atoms with E-state index in [1.165, 1.54) is 15.7 Å².